The summed E-state index contributed by atoms with van der Waals surface area (Å²) in [6.07, 6.45) is -0.705. The van der Waals surface area contributed by atoms with Crippen molar-refractivity contribution in [1.82, 2.24) is 9.21 Å². The molecule has 2 aliphatic rings. The summed E-state index contributed by atoms with van der Waals surface area (Å²) in [7, 11) is -2.57. The normalized spacial score (nSPS) is 18.6. The maximum absolute atomic E-state index is 13.7. The van der Waals surface area contributed by atoms with Gasteiger partial charge in [-0.1, -0.05) is 6.92 Å². The molecule has 234 valence electrons. The van der Waals surface area contributed by atoms with Crippen molar-refractivity contribution in [1.29, 1.82) is 0 Å². The van der Waals surface area contributed by atoms with Crippen LogP contribution in [0.1, 0.15) is 24.2 Å². The van der Waals surface area contributed by atoms with E-state index in [1.807, 2.05) is 6.92 Å². The molecule has 3 aromatic carbocycles. The monoisotopic (exact) mass is 628 g/mol. The molecular weight excluding hydrogens is 595 g/mol. The highest BCUT2D eigenvalue weighted by molar-refractivity contribution is 7.89. The maximum atomic E-state index is 13.7. The number of nitrogens with one attached hydrogen (secondary N) is 2. The minimum atomic E-state index is -3.97. The fourth-order valence-corrected chi connectivity index (χ4v) is 6.11. The Labute approximate surface area is 254 Å². The van der Waals surface area contributed by atoms with Gasteiger partial charge in [0.2, 0.25) is 16.8 Å². The summed E-state index contributed by atoms with van der Waals surface area (Å²) in [6, 6.07) is 13.0. The number of hydrogen-bond acceptors (Lipinski definition) is 8. The largest absolute Gasteiger partial charge is 0.488 e. The number of aliphatic hydroxyl groups is 1. The van der Waals surface area contributed by atoms with E-state index in [4.69, 9.17) is 14.2 Å². The third-order valence-electron chi connectivity index (χ3n) is 7.51. The predicted molar refractivity (Wildman–Crippen MR) is 159 cm³/mol. The highest BCUT2D eigenvalue weighted by Gasteiger charge is 2.35. The summed E-state index contributed by atoms with van der Waals surface area (Å²) in [6.45, 7) is 3.42. The number of halogens is 1. The predicted octanol–water partition coefficient (Wildman–Crippen LogP) is 3.74. The van der Waals surface area contributed by atoms with Gasteiger partial charge in [-0.2, -0.15) is 4.31 Å². The number of hydrogen-bond donors (Lipinski definition) is 3. The second-order valence-electron chi connectivity index (χ2n) is 10.7. The molecule has 0 saturated carbocycles. The molecule has 5 rings (SSSR count). The quantitative estimate of drug-likeness (QED) is 0.342. The van der Waals surface area contributed by atoms with Gasteiger partial charge < -0.3 is 34.9 Å². The third kappa shape index (κ3) is 6.56. The molecule has 0 saturated heterocycles. The minimum absolute atomic E-state index is 0.0688. The van der Waals surface area contributed by atoms with Crippen LogP contribution in [0.2, 0.25) is 0 Å². The van der Waals surface area contributed by atoms with Crippen molar-refractivity contribution in [3.05, 3.63) is 72.0 Å². The standard InChI is InChI=1S/C30H33FN4O8S/c1-18-14-35(19(2)16-36)29(37)24-12-21(32-30(38)33-22-7-11-26-27(13-22)42-17-41-26)6-10-25(24)43-28(18)15-34(3)44(39,40)23-8-4-20(31)5-9-23/h4-13,18-19,28,36H,14-17H2,1-3H3,(H2,32,33,38)/t18-,19+,28+/m1/s1. The number of nitrogens with zero attached hydrogens (tertiary/aromatic N) is 2. The number of carbonyl (C=O) groups excluding carboxylic acids is 2. The summed E-state index contributed by atoms with van der Waals surface area (Å²) >= 11 is 0. The number of anilines is 2. The molecule has 14 heteroatoms. The lowest BCUT2D eigenvalue weighted by Gasteiger charge is -2.38. The van der Waals surface area contributed by atoms with E-state index < -0.39 is 39.9 Å². The minimum Gasteiger partial charge on any atom is -0.488 e. The van der Waals surface area contributed by atoms with Crippen molar-refractivity contribution < 1.29 is 41.7 Å². The Balaban J connectivity index is 1.38. The van der Waals surface area contributed by atoms with Gasteiger partial charge in [0.25, 0.3) is 5.91 Å². The van der Waals surface area contributed by atoms with Crippen LogP contribution in [0.4, 0.5) is 20.6 Å². The van der Waals surface area contributed by atoms with Crippen LogP contribution in [0.3, 0.4) is 0 Å². The lowest BCUT2D eigenvalue weighted by Crippen LogP contribution is -2.50. The molecule has 3 amide bonds. The zero-order valence-corrected chi connectivity index (χ0v) is 25.1. The number of carbonyl (C=O) groups is 2. The van der Waals surface area contributed by atoms with E-state index in [-0.39, 0.29) is 48.6 Å². The Hall–Kier alpha value is -4.40. The number of aliphatic hydroxyl groups excluding tert-OH is 1. The number of ether oxygens (including phenoxy) is 3. The van der Waals surface area contributed by atoms with E-state index in [1.54, 1.807) is 31.2 Å². The van der Waals surface area contributed by atoms with Crippen LogP contribution in [0, 0.1) is 11.7 Å². The van der Waals surface area contributed by atoms with Crippen LogP contribution in [0.25, 0.3) is 0 Å². The van der Waals surface area contributed by atoms with Gasteiger partial charge in [-0.15, -0.1) is 0 Å². The molecule has 0 radical (unpaired) electrons. The van der Waals surface area contributed by atoms with E-state index in [0.29, 0.717) is 22.9 Å². The molecule has 0 bridgehead atoms. The maximum Gasteiger partial charge on any atom is 0.323 e. The Bertz CT molecular complexity index is 1650. The summed E-state index contributed by atoms with van der Waals surface area (Å²) in [5, 5.41) is 15.3. The zero-order valence-electron chi connectivity index (χ0n) is 24.3. The average Bonchev–Trinajstić information content (AvgIpc) is 3.47. The number of amides is 3. The van der Waals surface area contributed by atoms with Crippen molar-refractivity contribution in [2.24, 2.45) is 5.92 Å². The van der Waals surface area contributed by atoms with E-state index in [9.17, 15) is 27.5 Å². The SMILES string of the molecule is C[C@@H]1CN([C@@H](C)CO)C(=O)c2cc(NC(=O)Nc3ccc4c(c3)OCO4)ccc2O[C@H]1CN(C)S(=O)(=O)c1ccc(F)cc1. The molecule has 3 N–H and O–H groups in total. The van der Waals surface area contributed by atoms with Gasteiger partial charge in [0.05, 0.1) is 29.7 Å². The van der Waals surface area contributed by atoms with Crippen molar-refractivity contribution in [3.8, 4) is 17.2 Å². The van der Waals surface area contributed by atoms with E-state index >= 15 is 0 Å². The van der Waals surface area contributed by atoms with Crippen molar-refractivity contribution in [2.45, 2.75) is 30.9 Å². The van der Waals surface area contributed by atoms with Crippen molar-refractivity contribution in [3.63, 3.8) is 0 Å². The van der Waals surface area contributed by atoms with Crippen molar-refractivity contribution >= 4 is 33.3 Å². The molecule has 44 heavy (non-hydrogen) atoms. The molecular formula is C30H33FN4O8S. The molecule has 3 aromatic rings. The Morgan fingerprint density at radius 2 is 1.68 bits per heavy atom. The first kappa shape index (κ1) is 31.0. The van der Waals surface area contributed by atoms with Gasteiger partial charge in [0.15, 0.2) is 11.5 Å². The molecule has 0 aliphatic carbocycles. The summed E-state index contributed by atoms with van der Waals surface area (Å²) in [5.74, 6) is -0.0521. The van der Waals surface area contributed by atoms with Gasteiger partial charge in [-0.25, -0.2) is 17.6 Å². The molecule has 0 fully saturated rings. The Kier molecular flexibility index (Phi) is 8.95. The van der Waals surface area contributed by atoms with Crippen LogP contribution in [0.5, 0.6) is 17.2 Å². The third-order valence-corrected chi connectivity index (χ3v) is 9.35. The van der Waals surface area contributed by atoms with Gasteiger partial charge in [-0.3, -0.25) is 4.79 Å². The van der Waals surface area contributed by atoms with E-state index in [0.717, 1.165) is 16.4 Å². The second-order valence-corrected chi connectivity index (χ2v) is 12.8. The fourth-order valence-electron chi connectivity index (χ4n) is 4.92. The smallest absolute Gasteiger partial charge is 0.323 e. The fraction of sp³-hybridized carbons (Fsp3) is 0.333. The number of fused-ring (bicyclic) bond motifs is 2. The van der Waals surface area contributed by atoms with Crippen molar-refractivity contribution in [2.75, 3.05) is 44.2 Å². The summed E-state index contributed by atoms with van der Waals surface area (Å²) in [4.78, 5) is 27.9. The zero-order chi connectivity index (χ0) is 31.6. The first-order valence-electron chi connectivity index (χ1n) is 13.9. The molecule has 3 atom stereocenters. The van der Waals surface area contributed by atoms with Crippen LogP contribution in [0.15, 0.2) is 65.6 Å². The molecule has 2 aliphatic heterocycles. The topological polar surface area (TPSA) is 147 Å². The molecule has 0 unspecified atom stereocenters. The first-order valence-corrected chi connectivity index (χ1v) is 15.3. The summed E-state index contributed by atoms with van der Waals surface area (Å²) < 4.78 is 57.9. The highest BCUT2D eigenvalue weighted by Crippen LogP contribution is 2.35. The van der Waals surface area contributed by atoms with Crippen LogP contribution in [-0.4, -0.2) is 80.4 Å². The Morgan fingerprint density at radius 3 is 2.36 bits per heavy atom. The number of benzene rings is 3. The Morgan fingerprint density at radius 1 is 1.05 bits per heavy atom. The second kappa shape index (κ2) is 12.7. The van der Waals surface area contributed by atoms with Crippen LogP contribution >= 0.6 is 0 Å². The first-order chi connectivity index (χ1) is 21.0. The lowest BCUT2D eigenvalue weighted by atomic mass is 9.99. The average molecular weight is 629 g/mol. The van der Waals surface area contributed by atoms with E-state index in [2.05, 4.69) is 10.6 Å². The number of urea groups is 1. The van der Waals surface area contributed by atoms with Gasteiger partial charge in [-0.05, 0) is 61.5 Å². The molecule has 12 nitrogen and oxygen atoms in total. The van der Waals surface area contributed by atoms with Crippen LogP contribution in [-0.2, 0) is 10.0 Å². The number of rotatable bonds is 8. The molecule has 2 heterocycles. The number of sulfonamides is 1. The molecule has 0 aromatic heterocycles. The molecule has 0 spiro atoms. The van der Waals surface area contributed by atoms with Crippen LogP contribution < -0.4 is 24.8 Å². The van der Waals surface area contributed by atoms with E-state index in [1.165, 1.54) is 36.2 Å². The van der Waals surface area contributed by atoms with Gasteiger partial charge in [0.1, 0.15) is 17.7 Å². The lowest BCUT2D eigenvalue weighted by molar-refractivity contribution is 0.0387. The van der Waals surface area contributed by atoms with Gasteiger partial charge in [0, 0.05) is 37.0 Å². The highest BCUT2D eigenvalue weighted by atomic mass is 32.2. The van der Waals surface area contributed by atoms with Gasteiger partial charge >= 0.3 is 6.03 Å². The summed E-state index contributed by atoms with van der Waals surface area (Å²) in [5.41, 5.74) is 0.903. The number of likely N-dealkylation sites (N-methyl/N-ethyl adjacent to an activating group) is 1.